The summed E-state index contributed by atoms with van der Waals surface area (Å²) in [6, 6.07) is 7.77. The van der Waals surface area contributed by atoms with Crippen LogP contribution in [0.25, 0.3) is 0 Å². The number of morpholine rings is 2. The van der Waals surface area contributed by atoms with Crippen LogP contribution in [-0.4, -0.2) is 56.8 Å². The Bertz CT molecular complexity index is 449. The maximum atomic E-state index is 12.3. The zero-order valence-electron chi connectivity index (χ0n) is 11.5. The molecular weight excluding hydrogens is 256 g/mol. The molecule has 3 rings (SSSR count). The second kappa shape index (κ2) is 6.35. The molecule has 0 aromatic heterocycles. The predicted octanol–water partition coefficient (Wildman–Crippen LogP) is 0.820. The van der Waals surface area contributed by atoms with E-state index < -0.39 is 0 Å². The Hall–Kier alpha value is -1.43. The van der Waals surface area contributed by atoms with Crippen LogP contribution in [0.2, 0.25) is 0 Å². The first-order chi connectivity index (χ1) is 9.84. The molecule has 2 fully saturated rings. The highest BCUT2D eigenvalue weighted by Gasteiger charge is 2.20. The van der Waals surface area contributed by atoms with Gasteiger partial charge >= 0.3 is 0 Å². The second-order valence-electron chi connectivity index (χ2n) is 5.09. The first-order valence-corrected chi connectivity index (χ1v) is 7.14. The molecule has 0 radical (unpaired) electrons. The van der Waals surface area contributed by atoms with Crippen LogP contribution in [0, 0.1) is 0 Å². The maximum Gasteiger partial charge on any atom is 0.254 e. The third-order valence-corrected chi connectivity index (χ3v) is 3.76. The van der Waals surface area contributed by atoms with Crippen molar-refractivity contribution in [2.75, 3.05) is 46.0 Å². The Kier molecular flexibility index (Phi) is 4.30. The molecule has 0 saturated carbocycles. The van der Waals surface area contributed by atoms with Gasteiger partial charge in [-0.15, -0.1) is 0 Å². The van der Waals surface area contributed by atoms with Gasteiger partial charge in [0.05, 0.1) is 25.9 Å². The number of rotatable bonds is 2. The van der Waals surface area contributed by atoms with Gasteiger partial charge < -0.3 is 19.7 Å². The van der Waals surface area contributed by atoms with Crippen molar-refractivity contribution in [3.8, 4) is 0 Å². The van der Waals surface area contributed by atoms with E-state index in [1.165, 1.54) is 0 Å². The lowest BCUT2D eigenvalue weighted by Gasteiger charge is -2.27. The van der Waals surface area contributed by atoms with Crippen molar-refractivity contribution in [3.63, 3.8) is 0 Å². The van der Waals surface area contributed by atoms with Gasteiger partial charge in [-0.25, -0.2) is 0 Å². The molecule has 0 aliphatic carbocycles. The van der Waals surface area contributed by atoms with Crippen molar-refractivity contribution in [1.29, 1.82) is 0 Å². The summed E-state index contributed by atoms with van der Waals surface area (Å²) in [5.41, 5.74) is 1.86. The number of nitrogens with one attached hydrogen (secondary N) is 1. The van der Waals surface area contributed by atoms with Crippen molar-refractivity contribution < 1.29 is 14.3 Å². The molecule has 2 aliphatic heterocycles. The van der Waals surface area contributed by atoms with Gasteiger partial charge in [0.2, 0.25) is 0 Å². The number of carbonyl (C=O) groups is 1. The fraction of sp³-hybridized carbons (Fsp3) is 0.533. The Morgan fingerprint density at radius 3 is 2.55 bits per heavy atom. The Labute approximate surface area is 118 Å². The van der Waals surface area contributed by atoms with E-state index in [9.17, 15) is 4.79 Å². The van der Waals surface area contributed by atoms with Crippen molar-refractivity contribution in [1.82, 2.24) is 10.2 Å². The average Bonchev–Trinajstić information content (AvgIpc) is 2.56. The normalized spacial score (nSPS) is 23.6. The summed E-state index contributed by atoms with van der Waals surface area (Å²) >= 11 is 0. The van der Waals surface area contributed by atoms with Gasteiger partial charge in [0.15, 0.2) is 0 Å². The third kappa shape index (κ3) is 3.00. The summed E-state index contributed by atoms with van der Waals surface area (Å²) in [7, 11) is 0. The van der Waals surface area contributed by atoms with E-state index in [1.807, 2.05) is 29.2 Å². The molecule has 1 aromatic carbocycles. The standard InChI is InChI=1S/C15H20N2O3/c18-15(17-6-9-19-10-7-17)13-3-1-12(2-4-13)14-11-16-5-8-20-14/h1-4,14,16H,5-11H2. The van der Waals surface area contributed by atoms with E-state index in [4.69, 9.17) is 9.47 Å². The minimum atomic E-state index is 0.0857. The van der Waals surface area contributed by atoms with Crippen molar-refractivity contribution in [3.05, 3.63) is 35.4 Å². The van der Waals surface area contributed by atoms with Crippen LogP contribution >= 0.6 is 0 Å². The van der Waals surface area contributed by atoms with Crippen LogP contribution in [0.1, 0.15) is 22.0 Å². The van der Waals surface area contributed by atoms with E-state index >= 15 is 0 Å². The van der Waals surface area contributed by atoms with E-state index in [1.54, 1.807) is 0 Å². The summed E-state index contributed by atoms with van der Waals surface area (Å²) in [5.74, 6) is 0.0857. The van der Waals surface area contributed by atoms with Gasteiger partial charge in [-0.3, -0.25) is 4.79 Å². The van der Waals surface area contributed by atoms with E-state index in [0.717, 1.165) is 30.8 Å². The molecule has 108 valence electrons. The number of hydrogen-bond donors (Lipinski definition) is 1. The molecule has 2 aliphatic rings. The number of nitrogens with zero attached hydrogens (tertiary/aromatic N) is 1. The lowest BCUT2D eigenvalue weighted by Crippen LogP contribution is -2.40. The van der Waals surface area contributed by atoms with Crippen molar-refractivity contribution in [2.24, 2.45) is 0 Å². The van der Waals surface area contributed by atoms with Gasteiger partial charge in [-0.1, -0.05) is 12.1 Å². The average molecular weight is 276 g/mol. The molecule has 0 bridgehead atoms. The topological polar surface area (TPSA) is 50.8 Å². The Morgan fingerprint density at radius 2 is 1.90 bits per heavy atom. The number of benzene rings is 1. The minimum absolute atomic E-state index is 0.0857. The van der Waals surface area contributed by atoms with Crippen LogP contribution in [0.15, 0.2) is 24.3 Å². The molecule has 1 atom stereocenters. The van der Waals surface area contributed by atoms with Crippen LogP contribution in [0.5, 0.6) is 0 Å². The van der Waals surface area contributed by atoms with E-state index in [-0.39, 0.29) is 12.0 Å². The highest BCUT2D eigenvalue weighted by atomic mass is 16.5. The molecule has 5 nitrogen and oxygen atoms in total. The zero-order chi connectivity index (χ0) is 13.8. The fourth-order valence-electron chi connectivity index (χ4n) is 2.57. The minimum Gasteiger partial charge on any atom is -0.378 e. The smallest absolute Gasteiger partial charge is 0.254 e. The van der Waals surface area contributed by atoms with Gasteiger partial charge in [0, 0.05) is 31.7 Å². The Balaban J connectivity index is 1.67. The number of ether oxygens (including phenoxy) is 2. The van der Waals surface area contributed by atoms with Crippen LogP contribution in [0.4, 0.5) is 0 Å². The van der Waals surface area contributed by atoms with Crippen molar-refractivity contribution in [2.45, 2.75) is 6.10 Å². The van der Waals surface area contributed by atoms with Gasteiger partial charge in [0.25, 0.3) is 5.91 Å². The Morgan fingerprint density at radius 1 is 1.15 bits per heavy atom. The zero-order valence-corrected chi connectivity index (χ0v) is 11.5. The molecule has 2 saturated heterocycles. The van der Waals surface area contributed by atoms with Gasteiger partial charge in [-0.2, -0.15) is 0 Å². The first-order valence-electron chi connectivity index (χ1n) is 7.14. The lowest BCUT2D eigenvalue weighted by molar-refractivity contribution is 0.0274. The maximum absolute atomic E-state index is 12.3. The molecule has 1 amide bonds. The van der Waals surface area contributed by atoms with Crippen LogP contribution in [0.3, 0.4) is 0 Å². The number of hydrogen-bond acceptors (Lipinski definition) is 4. The second-order valence-corrected chi connectivity index (χ2v) is 5.09. The lowest BCUT2D eigenvalue weighted by atomic mass is 10.1. The van der Waals surface area contributed by atoms with Crippen LogP contribution < -0.4 is 5.32 Å². The first kappa shape index (κ1) is 13.5. The quantitative estimate of drug-likeness (QED) is 0.869. The predicted molar refractivity (Wildman–Crippen MR) is 74.7 cm³/mol. The highest BCUT2D eigenvalue weighted by Crippen LogP contribution is 2.19. The molecule has 1 unspecified atom stereocenters. The summed E-state index contributed by atoms with van der Waals surface area (Å²) in [5, 5.41) is 3.31. The monoisotopic (exact) mass is 276 g/mol. The summed E-state index contributed by atoms with van der Waals surface area (Å²) < 4.78 is 11.0. The molecule has 1 N–H and O–H groups in total. The van der Waals surface area contributed by atoms with E-state index in [2.05, 4.69) is 5.32 Å². The largest absolute Gasteiger partial charge is 0.378 e. The molecule has 0 spiro atoms. The highest BCUT2D eigenvalue weighted by molar-refractivity contribution is 5.94. The van der Waals surface area contributed by atoms with Crippen molar-refractivity contribution >= 4 is 5.91 Å². The molecule has 20 heavy (non-hydrogen) atoms. The fourth-order valence-corrected chi connectivity index (χ4v) is 2.57. The summed E-state index contributed by atoms with van der Waals surface area (Å²) in [6.45, 7) is 5.09. The van der Waals surface area contributed by atoms with Gasteiger partial charge in [-0.05, 0) is 17.7 Å². The summed E-state index contributed by atoms with van der Waals surface area (Å²) in [4.78, 5) is 14.2. The van der Waals surface area contributed by atoms with Crippen LogP contribution in [-0.2, 0) is 9.47 Å². The molecule has 5 heteroatoms. The summed E-state index contributed by atoms with van der Waals surface area (Å²) in [6.07, 6.45) is 0.0938. The molecule has 2 heterocycles. The van der Waals surface area contributed by atoms with Gasteiger partial charge in [0.1, 0.15) is 0 Å². The number of carbonyl (C=O) groups excluding carboxylic acids is 1. The third-order valence-electron chi connectivity index (χ3n) is 3.76. The number of amides is 1. The molecular formula is C15H20N2O3. The SMILES string of the molecule is O=C(c1ccc(C2CNCCO2)cc1)N1CCOCC1. The van der Waals surface area contributed by atoms with E-state index in [0.29, 0.717) is 26.3 Å². The molecule has 1 aromatic rings.